The fourth-order valence-electron chi connectivity index (χ4n) is 1.76. The first-order chi connectivity index (χ1) is 7.54. The van der Waals surface area contributed by atoms with Crippen molar-refractivity contribution in [2.45, 2.75) is 34.2 Å². The Labute approximate surface area is 99.0 Å². The van der Waals surface area contributed by atoms with Gasteiger partial charge in [-0.05, 0) is 49.1 Å². The summed E-state index contributed by atoms with van der Waals surface area (Å²) in [6.45, 7) is 10.7. The van der Waals surface area contributed by atoms with Crippen molar-refractivity contribution in [3.8, 4) is 5.75 Å². The minimum absolute atomic E-state index is 0.694. The predicted molar refractivity (Wildman–Crippen MR) is 69.0 cm³/mol. The molecule has 0 aliphatic heterocycles. The quantitative estimate of drug-likeness (QED) is 0.825. The van der Waals surface area contributed by atoms with Gasteiger partial charge in [-0.1, -0.05) is 19.9 Å². The van der Waals surface area contributed by atoms with Gasteiger partial charge < -0.3 is 10.1 Å². The smallest absolute Gasteiger partial charge is 0.122 e. The van der Waals surface area contributed by atoms with Gasteiger partial charge in [-0.2, -0.15) is 0 Å². The Morgan fingerprint density at radius 1 is 1.19 bits per heavy atom. The summed E-state index contributed by atoms with van der Waals surface area (Å²) < 4.78 is 5.30. The molecule has 1 aromatic rings. The molecule has 0 aromatic heterocycles. The number of benzene rings is 1. The zero-order valence-corrected chi connectivity index (χ0v) is 11.1. The van der Waals surface area contributed by atoms with E-state index in [1.165, 1.54) is 16.7 Å². The summed E-state index contributed by atoms with van der Waals surface area (Å²) in [4.78, 5) is 0. The fourth-order valence-corrected chi connectivity index (χ4v) is 1.76. The largest absolute Gasteiger partial charge is 0.496 e. The van der Waals surface area contributed by atoms with E-state index >= 15 is 0 Å². The molecule has 0 atom stereocenters. The SMILES string of the molecule is COc1cc(C)c(CNCC(C)C)cc1C. The van der Waals surface area contributed by atoms with Crippen molar-refractivity contribution in [3.05, 3.63) is 28.8 Å². The standard InChI is InChI=1S/C14H23NO/c1-10(2)8-15-9-13-6-12(4)14(16-5)7-11(13)3/h6-7,10,15H,8-9H2,1-5H3. The lowest BCUT2D eigenvalue weighted by atomic mass is 10.0. The normalized spacial score (nSPS) is 10.9. The first-order valence-electron chi connectivity index (χ1n) is 5.89. The Morgan fingerprint density at radius 2 is 1.88 bits per heavy atom. The zero-order valence-electron chi connectivity index (χ0n) is 11.1. The van der Waals surface area contributed by atoms with Crippen LogP contribution in [0, 0.1) is 19.8 Å². The van der Waals surface area contributed by atoms with Crippen LogP contribution in [0.25, 0.3) is 0 Å². The summed E-state index contributed by atoms with van der Waals surface area (Å²) in [5.41, 5.74) is 3.85. The van der Waals surface area contributed by atoms with Crippen molar-refractivity contribution in [2.75, 3.05) is 13.7 Å². The molecule has 0 bridgehead atoms. The Kier molecular flexibility index (Phi) is 4.81. The number of rotatable bonds is 5. The van der Waals surface area contributed by atoms with Gasteiger partial charge in [0.25, 0.3) is 0 Å². The lowest BCUT2D eigenvalue weighted by molar-refractivity contribution is 0.411. The van der Waals surface area contributed by atoms with E-state index in [2.05, 4.69) is 45.1 Å². The van der Waals surface area contributed by atoms with E-state index in [-0.39, 0.29) is 0 Å². The average molecular weight is 221 g/mol. The highest BCUT2D eigenvalue weighted by molar-refractivity contribution is 5.41. The van der Waals surface area contributed by atoms with Crippen molar-refractivity contribution < 1.29 is 4.74 Å². The maximum absolute atomic E-state index is 5.30. The van der Waals surface area contributed by atoms with E-state index < -0.39 is 0 Å². The molecular weight excluding hydrogens is 198 g/mol. The molecule has 2 nitrogen and oxygen atoms in total. The molecule has 0 heterocycles. The average Bonchev–Trinajstić information content (AvgIpc) is 2.22. The van der Waals surface area contributed by atoms with Crippen molar-refractivity contribution in [3.63, 3.8) is 0 Å². The molecule has 1 N–H and O–H groups in total. The third-order valence-corrected chi connectivity index (χ3v) is 2.72. The van der Waals surface area contributed by atoms with Crippen LogP contribution in [0.15, 0.2) is 12.1 Å². The van der Waals surface area contributed by atoms with Crippen LogP contribution in [0.4, 0.5) is 0 Å². The maximum atomic E-state index is 5.30. The molecule has 0 unspecified atom stereocenters. The van der Waals surface area contributed by atoms with E-state index in [9.17, 15) is 0 Å². The summed E-state index contributed by atoms with van der Waals surface area (Å²) >= 11 is 0. The Morgan fingerprint density at radius 3 is 2.44 bits per heavy atom. The summed E-state index contributed by atoms with van der Waals surface area (Å²) in [6, 6.07) is 4.32. The Hall–Kier alpha value is -1.02. The molecule has 0 radical (unpaired) electrons. The monoisotopic (exact) mass is 221 g/mol. The van der Waals surface area contributed by atoms with Gasteiger partial charge in [-0.25, -0.2) is 0 Å². The van der Waals surface area contributed by atoms with E-state index in [4.69, 9.17) is 4.74 Å². The number of methoxy groups -OCH3 is 1. The molecule has 0 amide bonds. The molecule has 2 heteroatoms. The second kappa shape index (κ2) is 5.90. The molecule has 1 rings (SSSR count). The lowest BCUT2D eigenvalue weighted by Gasteiger charge is -2.13. The fraction of sp³-hybridized carbons (Fsp3) is 0.571. The van der Waals surface area contributed by atoms with Crippen LogP contribution in [0.3, 0.4) is 0 Å². The number of aryl methyl sites for hydroxylation is 2. The molecule has 0 saturated carbocycles. The van der Waals surface area contributed by atoms with Crippen molar-refractivity contribution in [1.29, 1.82) is 0 Å². The highest BCUT2D eigenvalue weighted by atomic mass is 16.5. The van der Waals surface area contributed by atoms with Gasteiger partial charge in [-0.15, -0.1) is 0 Å². The van der Waals surface area contributed by atoms with Crippen LogP contribution in [0.1, 0.15) is 30.5 Å². The topological polar surface area (TPSA) is 21.3 Å². The number of nitrogens with one attached hydrogen (secondary N) is 1. The van der Waals surface area contributed by atoms with Crippen LogP contribution < -0.4 is 10.1 Å². The van der Waals surface area contributed by atoms with Gasteiger partial charge in [0.1, 0.15) is 5.75 Å². The summed E-state index contributed by atoms with van der Waals surface area (Å²) in [7, 11) is 1.72. The molecule has 0 spiro atoms. The number of ether oxygens (including phenoxy) is 1. The first-order valence-corrected chi connectivity index (χ1v) is 5.89. The van der Waals surface area contributed by atoms with Crippen molar-refractivity contribution in [2.24, 2.45) is 5.92 Å². The predicted octanol–water partition coefficient (Wildman–Crippen LogP) is 3.06. The minimum Gasteiger partial charge on any atom is -0.496 e. The third-order valence-electron chi connectivity index (χ3n) is 2.72. The molecule has 0 fully saturated rings. The highest BCUT2D eigenvalue weighted by Crippen LogP contribution is 2.22. The number of hydrogen-bond acceptors (Lipinski definition) is 2. The van der Waals surface area contributed by atoms with Gasteiger partial charge >= 0.3 is 0 Å². The van der Waals surface area contributed by atoms with Gasteiger partial charge in [0.2, 0.25) is 0 Å². The molecule has 1 aromatic carbocycles. The maximum Gasteiger partial charge on any atom is 0.122 e. The molecule has 90 valence electrons. The second-order valence-corrected chi connectivity index (χ2v) is 4.77. The molecular formula is C14H23NO. The Balaban J connectivity index is 2.70. The first kappa shape index (κ1) is 13.0. The minimum atomic E-state index is 0.694. The molecule has 0 aliphatic rings. The van der Waals surface area contributed by atoms with E-state index in [0.717, 1.165) is 18.8 Å². The Bertz CT molecular complexity index is 345. The lowest BCUT2D eigenvalue weighted by Crippen LogP contribution is -2.19. The van der Waals surface area contributed by atoms with E-state index in [0.29, 0.717) is 5.92 Å². The summed E-state index contributed by atoms with van der Waals surface area (Å²) in [5.74, 6) is 1.67. The molecule has 0 aliphatic carbocycles. The highest BCUT2D eigenvalue weighted by Gasteiger charge is 2.04. The molecule has 16 heavy (non-hydrogen) atoms. The van der Waals surface area contributed by atoms with Gasteiger partial charge in [0.05, 0.1) is 7.11 Å². The van der Waals surface area contributed by atoms with E-state index in [1.807, 2.05) is 0 Å². The zero-order chi connectivity index (χ0) is 12.1. The van der Waals surface area contributed by atoms with Crippen LogP contribution in [0.2, 0.25) is 0 Å². The number of hydrogen-bond donors (Lipinski definition) is 1. The van der Waals surface area contributed by atoms with Crippen LogP contribution >= 0.6 is 0 Å². The van der Waals surface area contributed by atoms with Crippen molar-refractivity contribution >= 4 is 0 Å². The van der Waals surface area contributed by atoms with Crippen LogP contribution in [-0.4, -0.2) is 13.7 Å². The molecule has 0 saturated heterocycles. The van der Waals surface area contributed by atoms with E-state index in [1.54, 1.807) is 7.11 Å². The third kappa shape index (κ3) is 3.53. The van der Waals surface area contributed by atoms with Gasteiger partial charge in [-0.3, -0.25) is 0 Å². The summed E-state index contributed by atoms with van der Waals surface area (Å²) in [5, 5.41) is 3.47. The van der Waals surface area contributed by atoms with Crippen molar-refractivity contribution in [1.82, 2.24) is 5.32 Å². The summed E-state index contributed by atoms with van der Waals surface area (Å²) in [6.07, 6.45) is 0. The van der Waals surface area contributed by atoms with Crippen LogP contribution in [0.5, 0.6) is 5.75 Å². The van der Waals surface area contributed by atoms with Gasteiger partial charge in [0, 0.05) is 6.54 Å². The van der Waals surface area contributed by atoms with Gasteiger partial charge in [0.15, 0.2) is 0 Å². The second-order valence-electron chi connectivity index (χ2n) is 4.77. The van der Waals surface area contributed by atoms with Crippen LogP contribution in [-0.2, 0) is 6.54 Å².